The molecular weight excluding hydrogens is 338 g/mol. The van der Waals surface area contributed by atoms with Crippen LogP contribution in [-0.4, -0.2) is 15.9 Å². The van der Waals surface area contributed by atoms with Gasteiger partial charge in [0.05, 0.1) is 29.7 Å². The van der Waals surface area contributed by atoms with E-state index in [1.165, 1.54) is 0 Å². The predicted molar refractivity (Wildman–Crippen MR) is 107 cm³/mol. The number of carbonyl (C=O) groups excluding carboxylic acids is 1. The zero-order valence-corrected chi connectivity index (χ0v) is 14.9. The molecule has 134 valence electrons. The van der Waals surface area contributed by atoms with Crippen molar-refractivity contribution >= 4 is 28.5 Å². The van der Waals surface area contributed by atoms with E-state index in [4.69, 9.17) is 0 Å². The Balaban J connectivity index is 1.39. The first-order valence-corrected chi connectivity index (χ1v) is 8.68. The van der Waals surface area contributed by atoms with Crippen molar-refractivity contribution < 1.29 is 4.79 Å². The summed E-state index contributed by atoms with van der Waals surface area (Å²) in [7, 11) is 0. The summed E-state index contributed by atoms with van der Waals surface area (Å²) in [4.78, 5) is 20.7. The number of para-hydroxylation sites is 1. The van der Waals surface area contributed by atoms with Gasteiger partial charge in [-0.3, -0.25) is 14.8 Å². The Kier molecular flexibility index (Phi) is 4.53. The van der Waals surface area contributed by atoms with E-state index in [9.17, 15) is 4.79 Å². The van der Waals surface area contributed by atoms with E-state index in [0.717, 1.165) is 34.0 Å². The monoisotopic (exact) mass is 357 g/mol. The maximum atomic E-state index is 12.1. The number of anilines is 3. The third-order valence-corrected chi connectivity index (χ3v) is 4.29. The van der Waals surface area contributed by atoms with Crippen molar-refractivity contribution in [2.24, 2.45) is 0 Å². The number of nitrogens with one attached hydrogen (secondary N) is 3. The zero-order chi connectivity index (χ0) is 18.6. The van der Waals surface area contributed by atoms with E-state index in [1.54, 1.807) is 18.6 Å². The first-order valence-electron chi connectivity index (χ1n) is 8.68. The van der Waals surface area contributed by atoms with Crippen molar-refractivity contribution in [1.82, 2.24) is 9.97 Å². The van der Waals surface area contributed by atoms with Crippen LogP contribution < -0.4 is 16.0 Å². The van der Waals surface area contributed by atoms with Gasteiger partial charge in [-0.25, -0.2) is 0 Å². The van der Waals surface area contributed by atoms with E-state index < -0.39 is 0 Å². The van der Waals surface area contributed by atoms with E-state index in [-0.39, 0.29) is 5.91 Å². The molecule has 1 aliphatic rings. The van der Waals surface area contributed by atoms with Gasteiger partial charge in [0, 0.05) is 35.0 Å². The largest absolute Gasteiger partial charge is 0.379 e. The van der Waals surface area contributed by atoms with Crippen molar-refractivity contribution in [3.8, 4) is 0 Å². The van der Waals surface area contributed by atoms with Crippen molar-refractivity contribution in [2.75, 3.05) is 16.0 Å². The molecule has 1 amide bonds. The molecule has 1 aromatic heterocycles. The van der Waals surface area contributed by atoms with Crippen LogP contribution in [-0.2, 0) is 11.3 Å². The number of amides is 1. The number of aromatic nitrogens is 2. The van der Waals surface area contributed by atoms with Crippen LogP contribution in [0.5, 0.6) is 0 Å². The Morgan fingerprint density at radius 1 is 1.00 bits per heavy atom. The average Bonchev–Trinajstić information content (AvgIpc) is 3.02. The number of fused-ring (bicyclic) bond motifs is 1. The SMILES string of the molecule is Cc1cnc(CNc2ccc(NC=C3C(=O)Nc4ccccc43)cc2)cn1. The maximum absolute atomic E-state index is 12.1. The summed E-state index contributed by atoms with van der Waals surface area (Å²) in [5, 5.41) is 9.37. The summed E-state index contributed by atoms with van der Waals surface area (Å²) in [6.45, 7) is 2.53. The topological polar surface area (TPSA) is 78.9 Å². The molecule has 2 aromatic carbocycles. The van der Waals surface area contributed by atoms with Crippen molar-refractivity contribution in [2.45, 2.75) is 13.5 Å². The molecule has 0 saturated heterocycles. The minimum absolute atomic E-state index is 0.0961. The fraction of sp³-hybridized carbons (Fsp3) is 0.0952. The molecule has 1 aliphatic heterocycles. The van der Waals surface area contributed by atoms with Gasteiger partial charge in [0.25, 0.3) is 5.91 Å². The summed E-state index contributed by atoms with van der Waals surface area (Å²) in [6.07, 6.45) is 5.27. The number of benzene rings is 2. The molecule has 2 heterocycles. The van der Waals surface area contributed by atoms with Crippen LogP contribution in [0.4, 0.5) is 17.1 Å². The molecule has 27 heavy (non-hydrogen) atoms. The Labute approximate surface area is 157 Å². The van der Waals surface area contributed by atoms with E-state index >= 15 is 0 Å². The molecule has 0 unspecified atom stereocenters. The van der Waals surface area contributed by atoms with Crippen LogP contribution in [0.15, 0.2) is 67.1 Å². The summed E-state index contributed by atoms with van der Waals surface area (Å²) in [6, 6.07) is 15.5. The molecule has 6 nitrogen and oxygen atoms in total. The van der Waals surface area contributed by atoms with Gasteiger partial charge in [-0.05, 0) is 37.3 Å². The lowest BCUT2D eigenvalue weighted by atomic mass is 10.1. The standard InChI is InChI=1S/C21H19N5O/c1-14-10-23-17(11-22-14)12-24-15-6-8-16(9-7-15)25-13-19-18-4-2-3-5-20(18)26-21(19)27/h2-11,13,24-25H,12H2,1H3,(H,26,27). The van der Waals surface area contributed by atoms with E-state index in [2.05, 4.69) is 25.9 Å². The second kappa shape index (κ2) is 7.29. The van der Waals surface area contributed by atoms with Crippen molar-refractivity contribution in [1.29, 1.82) is 0 Å². The normalized spacial score (nSPS) is 14.0. The van der Waals surface area contributed by atoms with Crippen LogP contribution >= 0.6 is 0 Å². The van der Waals surface area contributed by atoms with Gasteiger partial charge in [-0.2, -0.15) is 0 Å². The third-order valence-electron chi connectivity index (χ3n) is 4.29. The summed E-state index contributed by atoms with van der Waals surface area (Å²) < 4.78 is 0. The Bertz CT molecular complexity index is 994. The molecule has 0 spiro atoms. The van der Waals surface area contributed by atoms with Crippen molar-refractivity contribution in [3.05, 3.63) is 84.1 Å². The molecule has 4 rings (SSSR count). The minimum atomic E-state index is -0.0961. The van der Waals surface area contributed by atoms with E-state index in [0.29, 0.717) is 12.1 Å². The fourth-order valence-corrected chi connectivity index (χ4v) is 2.83. The van der Waals surface area contributed by atoms with Gasteiger partial charge in [0.2, 0.25) is 0 Å². The molecule has 0 atom stereocenters. The molecule has 3 N–H and O–H groups in total. The van der Waals surface area contributed by atoms with Crippen LogP contribution in [0, 0.1) is 6.92 Å². The highest BCUT2D eigenvalue weighted by Gasteiger charge is 2.23. The van der Waals surface area contributed by atoms with Gasteiger partial charge >= 0.3 is 0 Å². The Morgan fingerprint density at radius 3 is 2.56 bits per heavy atom. The van der Waals surface area contributed by atoms with Crippen molar-refractivity contribution in [3.63, 3.8) is 0 Å². The van der Waals surface area contributed by atoms with Gasteiger partial charge in [0.1, 0.15) is 0 Å². The quantitative estimate of drug-likeness (QED) is 0.605. The second-order valence-corrected chi connectivity index (χ2v) is 6.28. The van der Waals surface area contributed by atoms with Gasteiger partial charge in [-0.15, -0.1) is 0 Å². The Hall–Kier alpha value is -3.67. The molecule has 0 saturated carbocycles. The molecule has 0 radical (unpaired) electrons. The number of nitrogens with zero attached hydrogens (tertiary/aromatic N) is 2. The highest BCUT2D eigenvalue weighted by molar-refractivity contribution is 6.31. The smallest absolute Gasteiger partial charge is 0.257 e. The fourth-order valence-electron chi connectivity index (χ4n) is 2.83. The maximum Gasteiger partial charge on any atom is 0.257 e. The van der Waals surface area contributed by atoms with Crippen LogP contribution in [0.25, 0.3) is 5.57 Å². The summed E-state index contributed by atoms with van der Waals surface area (Å²) >= 11 is 0. The first-order chi connectivity index (χ1) is 13.2. The van der Waals surface area contributed by atoms with Crippen LogP contribution in [0.1, 0.15) is 17.0 Å². The molecule has 0 aliphatic carbocycles. The minimum Gasteiger partial charge on any atom is -0.379 e. The molecule has 0 fully saturated rings. The second-order valence-electron chi connectivity index (χ2n) is 6.28. The number of carbonyl (C=O) groups is 1. The zero-order valence-electron chi connectivity index (χ0n) is 14.9. The number of aryl methyl sites for hydroxylation is 1. The van der Waals surface area contributed by atoms with Gasteiger partial charge in [-0.1, -0.05) is 18.2 Å². The predicted octanol–water partition coefficient (Wildman–Crippen LogP) is 3.80. The lowest BCUT2D eigenvalue weighted by Crippen LogP contribution is -2.05. The molecular formula is C21H19N5O. The lowest BCUT2D eigenvalue weighted by molar-refractivity contribution is -0.110. The third kappa shape index (κ3) is 3.79. The summed E-state index contributed by atoms with van der Waals surface area (Å²) in [5.74, 6) is -0.0961. The van der Waals surface area contributed by atoms with Gasteiger partial charge in [0.15, 0.2) is 0 Å². The Morgan fingerprint density at radius 2 is 1.78 bits per heavy atom. The highest BCUT2D eigenvalue weighted by Crippen LogP contribution is 2.31. The van der Waals surface area contributed by atoms with Crippen LogP contribution in [0.3, 0.4) is 0 Å². The molecule has 6 heteroatoms. The number of rotatable bonds is 5. The average molecular weight is 357 g/mol. The first kappa shape index (κ1) is 16.8. The summed E-state index contributed by atoms with van der Waals surface area (Å²) in [5.41, 5.74) is 6.06. The van der Waals surface area contributed by atoms with Crippen LogP contribution in [0.2, 0.25) is 0 Å². The highest BCUT2D eigenvalue weighted by atomic mass is 16.2. The number of hydrogen-bond acceptors (Lipinski definition) is 5. The molecule has 0 bridgehead atoms. The van der Waals surface area contributed by atoms with E-state index in [1.807, 2.05) is 55.5 Å². The number of hydrogen-bond donors (Lipinski definition) is 3. The lowest BCUT2D eigenvalue weighted by Gasteiger charge is -2.08. The molecule has 3 aromatic rings. The van der Waals surface area contributed by atoms with Gasteiger partial charge < -0.3 is 16.0 Å².